The van der Waals surface area contributed by atoms with Gasteiger partial charge in [-0.3, -0.25) is 4.79 Å². The maximum absolute atomic E-state index is 13.5. The number of aliphatic hydroxyl groups excluding tert-OH is 1. The number of carboxylic acid groups (broad SMARTS) is 2. The van der Waals surface area contributed by atoms with Crippen LogP contribution in [0, 0.1) is 0 Å². The highest BCUT2D eigenvalue weighted by Crippen LogP contribution is 2.40. The molecule has 10 nitrogen and oxygen atoms in total. The van der Waals surface area contributed by atoms with Gasteiger partial charge in [0.1, 0.15) is 0 Å². The van der Waals surface area contributed by atoms with Crippen LogP contribution in [0.5, 0.6) is 0 Å². The number of carbonyl (C=O) groups is 2. The zero-order chi connectivity index (χ0) is 30.2. The Morgan fingerprint density at radius 1 is 0.700 bits per heavy atom. The minimum Gasteiger partial charge on any atom is -0.481 e. The summed E-state index contributed by atoms with van der Waals surface area (Å²) in [6.07, 6.45) is 3.86. The summed E-state index contributed by atoms with van der Waals surface area (Å²) in [5.41, 5.74) is 0. The maximum atomic E-state index is 13.5. The molecule has 0 aliphatic heterocycles. The lowest BCUT2D eigenvalue weighted by Crippen LogP contribution is -2.53. The predicted octanol–water partition coefficient (Wildman–Crippen LogP) is 4.41. The van der Waals surface area contributed by atoms with E-state index >= 15 is 0 Å². The molecule has 224 valence electrons. The molecule has 0 heterocycles. The first-order valence-corrected chi connectivity index (χ1v) is 16.2. The highest BCUT2D eigenvalue weighted by molar-refractivity contribution is 8.11. The fraction of sp³-hybridized carbons (Fsp3) is 0.500. The number of aliphatic carboxylic acids is 2. The molecule has 0 unspecified atom stereocenters. The number of sulfone groups is 2. The van der Waals surface area contributed by atoms with Crippen molar-refractivity contribution in [1.82, 2.24) is 0 Å². The molecular weight excluding hydrogens is 560 g/mol. The molecule has 0 fully saturated rings. The third-order valence-corrected chi connectivity index (χ3v) is 11.9. The van der Waals surface area contributed by atoms with E-state index in [9.17, 15) is 31.5 Å². The molecule has 0 aliphatic carbocycles. The average Bonchev–Trinajstić information content (AvgIpc) is 2.91. The zero-order valence-corrected chi connectivity index (χ0v) is 24.3. The number of hydrogen-bond donors (Lipinski definition) is 4. The molecular formula is C28H40O10S2. The van der Waals surface area contributed by atoms with Crippen molar-refractivity contribution in [1.29, 1.82) is 0 Å². The number of unbranched alkanes of at least 4 members (excludes halogenated alkanes) is 6. The topological polar surface area (TPSA) is 183 Å². The number of hydrogen-bond acceptors (Lipinski definition) is 8. The molecule has 40 heavy (non-hydrogen) atoms. The molecule has 0 radical (unpaired) electrons. The van der Waals surface area contributed by atoms with Gasteiger partial charge in [-0.05, 0) is 49.9 Å². The van der Waals surface area contributed by atoms with E-state index in [2.05, 4.69) is 6.92 Å². The summed E-state index contributed by atoms with van der Waals surface area (Å²) in [5.74, 6) is -2.87. The minimum absolute atomic E-state index is 0.00381. The van der Waals surface area contributed by atoms with E-state index in [1.165, 1.54) is 48.5 Å². The Hall–Kier alpha value is -2.80. The molecule has 12 heteroatoms. The predicted molar refractivity (Wildman–Crippen MR) is 150 cm³/mol. The summed E-state index contributed by atoms with van der Waals surface area (Å²) in [4.78, 5) is 22.3. The Labute approximate surface area is 236 Å². The van der Waals surface area contributed by atoms with E-state index in [0.29, 0.717) is 32.1 Å². The van der Waals surface area contributed by atoms with Crippen LogP contribution in [0.4, 0.5) is 0 Å². The monoisotopic (exact) mass is 600 g/mol. The van der Waals surface area contributed by atoms with Crippen LogP contribution in [0.3, 0.4) is 0 Å². The Kier molecular flexibility index (Phi) is 15.1. The Morgan fingerprint density at radius 2 is 1.15 bits per heavy atom. The van der Waals surface area contributed by atoms with Crippen LogP contribution in [-0.2, 0) is 29.3 Å². The van der Waals surface area contributed by atoms with Gasteiger partial charge in [0.25, 0.3) is 4.08 Å². The van der Waals surface area contributed by atoms with Crippen molar-refractivity contribution in [2.24, 2.45) is 0 Å². The van der Waals surface area contributed by atoms with Gasteiger partial charge in [-0.15, -0.1) is 0 Å². The molecule has 0 atom stereocenters. The highest BCUT2D eigenvalue weighted by Gasteiger charge is 2.62. The molecule has 2 rings (SSSR count). The molecule has 0 aromatic heterocycles. The molecule has 0 saturated carbocycles. The van der Waals surface area contributed by atoms with E-state index in [1.54, 1.807) is 12.1 Å². The van der Waals surface area contributed by atoms with Crippen LogP contribution in [0.15, 0.2) is 70.5 Å². The number of carboxylic acids is 2. The van der Waals surface area contributed by atoms with Gasteiger partial charge in [0.15, 0.2) is 6.29 Å². The summed E-state index contributed by atoms with van der Waals surface area (Å²) >= 11 is 0. The summed E-state index contributed by atoms with van der Waals surface area (Å²) in [7, 11) is -9.68. The highest BCUT2D eigenvalue weighted by atomic mass is 32.3. The van der Waals surface area contributed by atoms with Crippen molar-refractivity contribution in [2.45, 2.75) is 97.7 Å². The first-order chi connectivity index (χ1) is 18.8. The molecule has 0 amide bonds. The average molecular weight is 601 g/mol. The fourth-order valence-corrected chi connectivity index (χ4v) is 8.88. The summed E-state index contributed by atoms with van der Waals surface area (Å²) in [6.45, 7) is 2.09. The third kappa shape index (κ3) is 9.69. The fourth-order valence-electron chi connectivity index (χ4n) is 4.07. The maximum Gasteiger partial charge on any atom is 0.341 e. The van der Waals surface area contributed by atoms with E-state index in [0.717, 1.165) is 19.3 Å². The summed E-state index contributed by atoms with van der Waals surface area (Å²) in [5, 5.41) is 35.4. The molecule has 0 spiro atoms. The quantitative estimate of drug-likeness (QED) is 0.150. The van der Waals surface area contributed by atoms with Crippen LogP contribution < -0.4 is 0 Å². The number of aliphatic hydroxyl groups is 2. The van der Waals surface area contributed by atoms with Crippen LogP contribution in [0.25, 0.3) is 0 Å². The first kappa shape index (κ1) is 35.2. The van der Waals surface area contributed by atoms with Crippen molar-refractivity contribution in [3.63, 3.8) is 0 Å². The van der Waals surface area contributed by atoms with Crippen molar-refractivity contribution < 1.29 is 46.9 Å². The van der Waals surface area contributed by atoms with Gasteiger partial charge in [-0.1, -0.05) is 81.8 Å². The normalized spacial score (nSPS) is 12.0. The van der Waals surface area contributed by atoms with Crippen molar-refractivity contribution in [2.75, 3.05) is 0 Å². The lowest BCUT2D eigenvalue weighted by atomic mass is 10.1. The van der Waals surface area contributed by atoms with Gasteiger partial charge in [0.05, 0.1) is 9.79 Å². The summed E-state index contributed by atoms with van der Waals surface area (Å²) < 4.78 is 51.0. The van der Waals surface area contributed by atoms with Gasteiger partial charge in [0, 0.05) is 6.42 Å². The third-order valence-electron chi connectivity index (χ3n) is 6.26. The van der Waals surface area contributed by atoms with E-state index in [4.69, 9.17) is 15.3 Å². The van der Waals surface area contributed by atoms with Crippen molar-refractivity contribution in [3.05, 3.63) is 60.7 Å². The lowest BCUT2D eigenvalue weighted by Gasteiger charge is -2.29. The molecule has 2 aromatic carbocycles. The Balaban J connectivity index is 0.000000869. The van der Waals surface area contributed by atoms with Crippen molar-refractivity contribution in [3.8, 4) is 0 Å². The van der Waals surface area contributed by atoms with Gasteiger partial charge in [-0.2, -0.15) is 0 Å². The first-order valence-electron chi connectivity index (χ1n) is 13.2. The second-order valence-electron chi connectivity index (χ2n) is 9.33. The number of benzene rings is 2. The van der Waals surface area contributed by atoms with E-state index < -0.39 is 48.4 Å². The van der Waals surface area contributed by atoms with Crippen LogP contribution in [0.2, 0.25) is 0 Å². The molecule has 0 aliphatic rings. The van der Waals surface area contributed by atoms with Gasteiger partial charge >= 0.3 is 11.9 Å². The van der Waals surface area contributed by atoms with E-state index in [-0.39, 0.29) is 22.6 Å². The molecule has 0 bridgehead atoms. The van der Waals surface area contributed by atoms with Crippen LogP contribution >= 0.6 is 0 Å². The standard InChI is InChI=1S/C22H26O8S2.C6H14O2/c23-20(24)16-10-2-1-3-11-17-22(21(25)26,31(27,28)18-12-6-4-7-13-18)32(29,30)19-14-8-5-9-15-19;1-2-3-4-5-6(7)8/h4-9,12-15H,1-3,10-11,16-17H2,(H,23,24)(H,25,26);6-8H,2-5H2,1H3. The van der Waals surface area contributed by atoms with Crippen LogP contribution in [0.1, 0.15) is 77.6 Å². The Bertz CT molecular complexity index is 1170. The van der Waals surface area contributed by atoms with Gasteiger partial charge in [0.2, 0.25) is 19.7 Å². The second kappa shape index (κ2) is 17.1. The van der Waals surface area contributed by atoms with Gasteiger partial charge in [-0.25, -0.2) is 21.6 Å². The second-order valence-corrected chi connectivity index (χ2v) is 13.9. The Morgan fingerprint density at radius 3 is 1.55 bits per heavy atom. The molecule has 4 N–H and O–H groups in total. The van der Waals surface area contributed by atoms with Gasteiger partial charge < -0.3 is 20.4 Å². The largest absolute Gasteiger partial charge is 0.481 e. The smallest absolute Gasteiger partial charge is 0.341 e. The van der Waals surface area contributed by atoms with Crippen molar-refractivity contribution >= 4 is 31.6 Å². The molecule has 2 aromatic rings. The van der Waals surface area contributed by atoms with Crippen LogP contribution in [-0.4, -0.2) is 59.6 Å². The minimum atomic E-state index is -4.84. The molecule has 0 saturated heterocycles. The lowest BCUT2D eigenvalue weighted by molar-refractivity contribution is -0.138. The SMILES string of the molecule is CCCCCC(O)O.O=C(O)CCCCCCCC(C(=O)O)(S(=O)(=O)c1ccccc1)S(=O)(=O)c1ccccc1. The summed E-state index contributed by atoms with van der Waals surface area (Å²) in [6, 6.07) is 13.4. The van der Waals surface area contributed by atoms with E-state index in [1.807, 2.05) is 0 Å². The number of rotatable bonds is 17. The zero-order valence-electron chi connectivity index (χ0n) is 22.7.